The molecule has 0 N–H and O–H groups in total. The molecule has 0 aromatic rings. The molecule has 0 unspecified atom stereocenters. The lowest BCUT2D eigenvalue weighted by Gasteiger charge is -2.21. The Morgan fingerprint density at radius 2 is 1.26 bits per heavy atom. The SMILES string of the molecule is O=C1C=C(N2CC2)C(=O)C(N2CC2)=C1N1CC1.O=P. The summed E-state index contributed by atoms with van der Waals surface area (Å²) in [5, 5.41) is 0. The topological polar surface area (TPSA) is 60.2 Å². The Morgan fingerprint density at radius 1 is 0.789 bits per heavy atom. The predicted molar refractivity (Wildman–Crippen MR) is 68.8 cm³/mol. The van der Waals surface area contributed by atoms with E-state index in [0.29, 0.717) is 17.1 Å². The fraction of sp³-hybridized carbons (Fsp3) is 0.500. The molecule has 0 amide bonds. The van der Waals surface area contributed by atoms with E-state index in [0.717, 1.165) is 39.3 Å². The van der Waals surface area contributed by atoms with Gasteiger partial charge >= 0.3 is 0 Å². The second kappa shape index (κ2) is 4.46. The van der Waals surface area contributed by atoms with Gasteiger partial charge in [0.1, 0.15) is 20.5 Å². The van der Waals surface area contributed by atoms with Gasteiger partial charge in [0.2, 0.25) is 11.6 Å². The summed E-state index contributed by atoms with van der Waals surface area (Å²) < 4.78 is 8.06. The van der Waals surface area contributed by atoms with Crippen molar-refractivity contribution in [1.29, 1.82) is 0 Å². The first-order valence-corrected chi connectivity index (χ1v) is 6.67. The van der Waals surface area contributed by atoms with E-state index < -0.39 is 0 Å². The van der Waals surface area contributed by atoms with Crippen LogP contribution in [0.3, 0.4) is 0 Å². The van der Waals surface area contributed by atoms with Gasteiger partial charge in [-0.1, -0.05) is 0 Å². The third-order valence-electron chi connectivity index (χ3n) is 3.49. The number of allylic oxidation sites excluding steroid dienone is 1. The van der Waals surface area contributed by atoms with E-state index in [9.17, 15) is 9.59 Å². The van der Waals surface area contributed by atoms with E-state index in [1.165, 1.54) is 6.08 Å². The Hall–Kier alpha value is -1.68. The second-order valence-electron chi connectivity index (χ2n) is 4.88. The number of hydrogen-bond donors (Lipinski definition) is 0. The third-order valence-corrected chi connectivity index (χ3v) is 3.49. The molecular weight excluding hydrogens is 265 g/mol. The highest BCUT2D eigenvalue weighted by Crippen LogP contribution is 2.33. The van der Waals surface area contributed by atoms with Crippen molar-refractivity contribution in [1.82, 2.24) is 14.7 Å². The first-order chi connectivity index (χ1) is 9.25. The molecule has 19 heavy (non-hydrogen) atoms. The summed E-state index contributed by atoms with van der Waals surface area (Å²) in [5.74, 6) is 0.0485. The molecule has 3 heterocycles. The lowest BCUT2D eigenvalue weighted by Crippen LogP contribution is -2.29. The lowest BCUT2D eigenvalue weighted by molar-refractivity contribution is -0.117. The summed E-state index contributed by atoms with van der Waals surface area (Å²) in [6.07, 6.45) is 1.52. The van der Waals surface area contributed by atoms with Crippen molar-refractivity contribution in [3.8, 4) is 0 Å². The molecular formula is C12H14N3O3P. The predicted octanol–water partition coefficient (Wildman–Crippen LogP) is -0.345. The molecule has 100 valence electrons. The van der Waals surface area contributed by atoms with Crippen molar-refractivity contribution < 1.29 is 14.2 Å². The van der Waals surface area contributed by atoms with Crippen LogP contribution >= 0.6 is 9.12 Å². The fourth-order valence-electron chi connectivity index (χ4n) is 2.28. The maximum atomic E-state index is 12.4. The van der Waals surface area contributed by atoms with Crippen molar-refractivity contribution >= 4 is 20.7 Å². The zero-order valence-electron chi connectivity index (χ0n) is 10.4. The van der Waals surface area contributed by atoms with Crippen LogP contribution in [0.15, 0.2) is 23.2 Å². The van der Waals surface area contributed by atoms with Crippen molar-refractivity contribution in [3.63, 3.8) is 0 Å². The summed E-state index contributed by atoms with van der Waals surface area (Å²) in [5.41, 5.74) is 1.89. The van der Waals surface area contributed by atoms with Crippen LogP contribution in [-0.2, 0) is 14.2 Å². The summed E-state index contributed by atoms with van der Waals surface area (Å²) in [7, 11) is 1.72. The smallest absolute Gasteiger partial charge is 0.227 e. The molecule has 6 nitrogen and oxygen atoms in total. The molecule has 3 saturated heterocycles. The number of carbonyl (C=O) groups is 2. The molecule has 0 spiro atoms. The highest BCUT2D eigenvalue weighted by molar-refractivity contribution is 7.00. The molecule has 0 radical (unpaired) electrons. The molecule has 0 aromatic heterocycles. The Balaban J connectivity index is 0.000000528. The Labute approximate surface area is 112 Å². The molecule has 3 aliphatic heterocycles. The number of hydrogen-bond acceptors (Lipinski definition) is 6. The van der Waals surface area contributed by atoms with E-state index in [1.807, 2.05) is 14.7 Å². The second-order valence-corrected chi connectivity index (χ2v) is 4.88. The summed E-state index contributed by atoms with van der Waals surface area (Å²) in [6, 6.07) is 0. The summed E-state index contributed by atoms with van der Waals surface area (Å²) >= 11 is 0. The highest BCUT2D eigenvalue weighted by Gasteiger charge is 2.43. The zero-order chi connectivity index (χ0) is 13.6. The number of rotatable bonds is 3. The summed E-state index contributed by atoms with van der Waals surface area (Å²) in [4.78, 5) is 30.5. The van der Waals surface area contributed by atoms with E-state index in [-0.39, 0.29) is 11.6 Å². The first kappa shape index (κ1) is 12.4. The van der Waals surface area contributed by atoms with Gasteiger partial charge < -0.3 is 14.7 Å². The number of Topliss-reactive ketones (excluding diaryl/α,β-unsaturated/α-hetero) is 1. The average Bonchev–Trinajstić information content (AvgIpc) is 3.30. The molecule has 0 atom stereocenters. The molecule has 0 aromatic carbocycles. The van der Waals surface area contributed by atoms with Crippen molar-refractivity contribution in [2.75, 3.05) is 39.3 Å². The molecule has 4 rings (SSSR count). The van der Waals surface area contributed by atoms with E-state index in [1.54, 1.807) is 9.12 Å². The minimum Gasteiger partial charge on any atom is -0.365 e. The molecule has 3 fully saturated rings. The maximum Gasteiger partial charge on any atom is 0.227 e. The Morgan fingerprint density at radius 3 is 1.74 bits per heavy atom. The van der Waals surface area contributed by atoms with Crippen LogP contribution in [0.4, 0.5) is 0 Å². The Bertz CT molecular complexity index is 516. The largest absolute Gasteiger partial charge is 0.365 e. The van der Waals surface area contributed by atoms with Crippen molar-refractivity contribution in [2.45, 2.75) is 0 Å². The molecule has 0 saturated carbocycles. The van der Waals surface area contributed by atoms with Gasteiger partial charge in [0.15, 0.2) is 0 Å². The van der Waals surface area contributed by atoms with Gasteiger partial charge in [-0.25, -0.2) is 0 Å². The van der Waals surface area contributed by atoms with Crippen LogP contribution in [0.2, 0.25) is 0 Å². The van der Waals surface area contributed by atoms with E-state index >= 15 is 0 Å². The molecule has 0 bridgehead atoms. The van der Waals surface area contributed by atoms with Gasteiger partial charge in [-0.15, -0.1) is 0 Å². The van der Waals surface area contributed by atoms with Crippen LogP contribution < -0.4 is 0 Å². The van der Waals surface area contributed by atoms with Crippen LogP contribution in [0.5, 0.6) is 0 Å². The van der Waals surface area contributed by atoms with Crippen LogP contribution in [0, 0.1) is 0 Å². The number of nitrogens with zero attached hydrogens (tertiary/aromatic N) is 3. The fourth-order valence-corrected chi connectivity index (χ4v) is 2.28. The van der Waals surface area contributed by atoms with Gasteiger partial charge in [0.05, 0.1) is 5.70 Å². The maximum absolute atomic E-state index is 12.4. The molecule has 4 aliphatic rings. The van der Waals surface area contributed by atoms with Gasteiger partial charge in [-0.3, -0.25) is 14.2 Å². The highest BCUT2D eigenvalue weighted by atomic mass is 31.0. The monoisotopic (exact) mass is 279 g/mol. The van der Waals surface area contributed by atoms with E-state index in [4.69, 9.17) is 4.57 Å². The van der Waals surface area contributed by atoms with Gasteiger partial charge in [-0.2, -0.15) is 0 Å². The normalized spacial score (nSPS) is 24.0. The standard InChI is InChI=1S/C12H13N3O2.HOP/c16-9-7-8(13-1-2-13)12(17)11(15-5-6-15)10(9)14-3-4-14;1-2/h7H,1-6H2;2H. The molecule has 7 heteroatoms. The van der Waals surface area contributed by atoms with Crippen LogP contribution in [0.1, 0.15) is 0 Å². The minimum absolute atomic E-state index is 0.00546. The van der Waals surface area contributed by atoms with Crippen LogP contribution in [0.25, 0.3) is 0 Å². The van der Waals surface area contributed by atoms with Gasteiger partial charge in [-0.05, 0) is 0 Å². The zero-order valence-corrected chi connectivity index (χ0v) is 11.4. The van der Waals surface area contributed by atoms with Crippen molar-refractivity contribution in [3.05, 3.63) is 23.2 Å². The van der Waals surface area contributed by atoms with Crippen LogP contribution in [-0.4, -0.2) is 65.5 Å². The van der Waals surface area contributed by atoms with Gasteiger partial charge in [0.25, 0.3) is 0 Å². The molecule has 1 aliphatic carbocycles. The summed E-state index contributed by atoms with van der Waals surface area (Å²) in [6.45, 7) is 5.41. The first-order valence-electron chi connectivity index (χ1n) is 6.26. The Kier molecular flexibility index (Phi) is 2.90. The lowest BCUT2D eigenvalue weighted by atomic mass is 10.0. The van der Waals surface area contributed by atoms with Crippen molar-refractivity contribution in [2.24, 2.45) is 0 Å². The van der Waals surface area contributed by atoms with Gasteiger partial charge in [0, 0.05) is 45.3 Å². The number of carbonyl (C=O) groups excluding carboxylic acids is 2. The van der Waals surface area contributed by atoms with E-state index in [2.05, 4.69) is 0 Å². The number of ketones is 2. The average molecular weight is 279 g/mol. The minimum atomic E-state index is 0.00546. The quantitative estimate of drug-likeness (QED) is 0.400. The third kappa shape index (κ3) is 2.16.